The highest BCUT2D eigenvalue weighted by atomic mass is 32.1. The largest absolute Gasteiger partial charge is 0.409 e. The van der Waals surface area contributed by atoms with E-state index in [9.17, 15) is 0 Å². The third-order valence-electron chi connectivity index (χ3n) is 3.03. The van der Waals surface area contributed by atoms with E-state index in [1.54, 1.807) is 11.3 Å². The van der Waals surface area contributed by atoms with Crippen molar-refractivity contribution in [3.63, 3.8) is 0 Å². The van der Waals surface area contributed by atoms with Gasteiger partial charge in [0, 0.05) is 18.0 Å². The smallest absolute Gasteiger partial charge is 0.169 e. The van der Waals surface area contributed by atoms with Gasteiger partial charge in [-0.25, -0.2) is 4.98 Å². The van der Waals surface area contributed by atoms with E-state index >= 15 is 0 Å². The van der Waals surface area contributed by atoms with Crippen LogP contribution in [0, 0.1) is 13.8 Å². The second-order valence-electron chi connectivity index (χ2n) is 4.37. The quantitative estimate of drug-likeness (QED) is 0.366. The first kappa shape index (κ1) is 13.3. The molecule has 2 heterocycles. The van der Waals surface area contributed by atoms with Gasteiger partial charge in [-0.2, -0.15) is 0 Å². The third kappa shape index (κ3) is 2.98. The molecular weight excluding hydrogens is 252 g/mol. The Balaban J connectivity index is 1.97. The molecule has 0 spiro atoms. The van der Waals surface area contributed by atoms with E-state index in [1.807, 2.05) is 6.92 Å². The number of morpholine rings is 1. The predicted octanol–water partition coefficient (Wildman–Crippen LogP) is 0.707. The fraction of sp³-hybridized carbons (Fsp3) is 0.636. The number of nitrogens with two attached hydrogens (primary N) is 1. The number of aromatic nitrogens is 1. The molecular formula is C11H18N4O2S. The lowest BCUT2D eigenvalue weighted by molar-refractivity contribution is 0.00139. The number of oxime groups is 1. The second-order valence-corrected chi connectivity index (χ2v) is 5.66. The van der Waals surface area contributed by atoms with Crippen LogP contribution in [0.5, 0.6) is 0 Å². The van der Waals surface area contributed by atoms with Crippen molar-refractivity contribution in [2.75, 3.05) is 19.7 Å². The summed E-state index contributed by atoms with van der Waals surface area (Å²) in [6, 6.07) is 0. The lowest BCUT2D eigenvalue weighted by Crippen LogP contribution is -2.48. The van der Waals surface area contributed by atoms with Gasteiger partial charge in [-0.05, 0) is 13.8 Å². The van der Waals surface area contributed by atoms with Gasteiger partial charge >= 0.3 is 0 Å². The van der Waals surface area contributed by atoms with Crippen LogP contribution in [0.25, 0.3) is 0 Å². The van der Waals surface area contributed by atoms with Crippen molar-refractivity contribution < 1.29 is 9.94 Å². The Labute approximate surface area is 110 Å². The SMILES string of the molecule is Cc1nc(CN2CCOC(C(N)=NO)C2)sc1C. The summed E-state index contributed by atoms with van der Waals surface area (Å²) in [4.78, 5) is 7.99. The molecule has 1 atom stereocenters. The van der Waals surface area contributed by atoms with Crippen molar-refractivity contribution in [2.45, 2.75) is 26.5 Å². The molecule has 3 N–H and O–H groups in total. The zero-order valence-corrected chi connectivity index (χ0v) is 11.4. The number of rotatable bonds is 3. The molecule has 1 fully saturated rings. The van der Waals surface area contributed by atoms with Crippen LogP contribution in [0.2, 0.25) is 0 Å². The summed E-state index contributed by atoms with van der Waals surface area (Å²) in [7, 11) is 0. The van der Waals surface area contributed by atoms with Gasteiger partial charge in [0.15, 0.2) is 5.84 Å². The van der Waals surface area contributed by atoms with Gasteiger partial charge in [-0.1, -0.05) is 5.16 Å². The van der Waals surface area contributed by atoms with Crippen LogP contribution in [-0.4, -0.2) is 46.7 Å². The van der Waals surface area contributed by atoms with E-state index in [4.69, 9.17) is 15.7 Å². The van der Waals surface area contributed by atoms with E-state index in [1.165, 1.54) is 4.88 Å². The summed E-state index contributed by atoms with van der Waals surface area (Å²) in [5.41, 5.74) is 6.66. The molecule has 7 heteroatoms. The van der Waals surface area contributed by atoms with E-state index in [0.717, 1.165) is 23.8 Å². The molecule has 1 aromatic heterocycles. The minimum atomic E-state index is -0.328. The minimum absolute atomic E-state index is 0.131. The first-order chi connectivity index (χ1) is 8.60. The number of hydrogen-bond donors (Lipinski definition) is 2. The van der Waals surface area contributed by atoms with E-state index < -0.39 is 0 Å². The maximum atomic E-state index is 8.66. The topological polar surface area (TPSA) is 84.0 Å². The molecule has 18 heavy (non-hydrogen) atoms. The van der Waals surface area contributed by atoms with Crippen LogP contribution in [0.4, 0.5) is 0 Å². The molecule has 0 aliphatic carbocycles. The number of amidine groups is 1. The highest BCUT2D eigenvalue weighted by Crippen LogP contribution is 2.19. The van der Waals surface area contributed by atoms with Crippen molar-refractivity contribution in [1.29, 1.82) is 0 Å². The summed E-state index contributed by atoms with van der Waals surface area (Å²) in [5.74, 6) is 0.131. The van der Waals surface area contributed by atoms with Crippen LogP contribution in [0.1, 0.15) is 15.6 Å². The van der Waals surface area contributed by atoms with Gasteiger partial charge in [0.2, 0.25) is 0 Å². The summed E-state index contributed by atoms with van der Waals surface area (Å²) in [6.45, 7) is 6.95. The second kappa shape index (κ2) is 5.64. The Bertz CT molecular complexity index is 427. The van der Waals surface area contributed by atoms with Crippen molar-refractivity contribution in [1.82, 2.24) is 9.88 Å². The maximum absolute atomic E-state index is 8.66. The zero-order chi connectivity index (χ0) is 13.1. The molecule has 1 aliphatic rings. The minimum Gasteiger partial charge on any atom is -0.409 e. The summed E-state index contributed by atoms with van der Waals surface area (Å²) < 4.78 is 5.45. The first-order valence-corrected chi connectivity index (χ1v) is 6.66. The van der Waals surface area contributed by atoms with Gasteiger partial charge in [0.25, 0.3) is 0 Å². The Morgan fingerprint density at radius 2 is 2.44 bits per heavy atom. The summed E-state index contributed by atoms with van der Waals surface area (Å²) in [6.07, 6.45) is -0.328. The van der Waals surface area contributed by atoms with Gasteiger partial charge in [-0.3, -0.25) is 4.90 Å². The third-order valence-corrected chi connectivity index (χ3v) is 4.09. The molecule has 1 aliphatic heterocycles. The molecule has 2 rings (SSSR count). The van der Waals surface area contributed by atoms with Crippen LogP contribution in [0.3, 0.4) is 0 Å². The Kier molecular flexibility index (Phi) is 4.15. The number of hydrogen-bond acceptors (Lipinski definition) is 6. The predicted molar refractivity (Wildman–Crippen MR) is 70.0 cm³/mol. The number of aryl methyl sites for hydroxylation is 2. The van der Waals surface area contributed by atoms with Gasteiger partial charge < -0.3 is 15.7 Å². The molecule has 6 nitrogen and oxygen atoms in total. The van der Waals surface area contributed by atoms with Gasteiger partial charge in [0.05, 0.1) is 18.8 Å². The number of nitrogens with zero attached hydrogens (tertiary/aromatic N) is 3. The zero-order valence-electron chi connectivity index (χ0n) is 10.6. The highest BCUT2D eigenvalue weighted by Gasteiger charge is 2.24. The van der Waals surface area contributed by atoms with Crippen LogP contribution < -0.4 is 5.73 Å². The summed E-state index contributed by atoms with van der Waals surface area (Å²) in [5, 5.41) is 12.8. The van der Waals surface area contributed by atoms with E-state index in [2.05, 4.69) is 22.0 Å². The summed E-state index contributed by atoms with van der Waals surface area (Å²) >= 11 is 1.72. The van der Waals surface area contributed by atoms with Crippen LogP contribution in [-0.2, 0) is 11.3 Å². The molecule has 1 saturated heterocycles. The molecule has 0 radical (unpaired) electrons. The number of thiazole rings is 1. The maximum Gasteiger partial charge on any atom is 0.169 e. The Morgan fingerprint density at radius 1 is 1.67 bits per heavy atom. The first-order valence-electron chi connectivity index (χ1n) is 5.84. The molecule has 0 aromatic carbocycles. The number of ether oxygens (including phenoxy) is 1. The van der Waals surface area contributed by atoms with Crippen LogP contribution in [0.15, 0.2) is 5.16 Å². The fourth-order valence-corrected chi connectivity index (χ4v) is 2.86. The van der Waals surface area contributed by atoms with Crippen molar-refractivity contribution in [2.24, 2.45) is 10.9 Å². The van der Waals surface area contributed by atoms with Crippen molar-refractivity contribution >= 4 is 17.2 Å². The molecule has 0 saturated carbocycles. The fourth-order valence-electron chi connectivity index (χ4n) is 1.89. The lowest BCUT2D eigenvalue weighted by atomic mass is 10.2. The lowest BCUT2D eigenvalue weighted by Gasteiger charge is -2.31. The normalized spacial score (nSPS) is 22.3. The van der Waals surface area contributed by atoms with Crippen molar-refractivity contribution in [3.8, 4) is 0 Å². The molecule has 1 unspecified atom stereocenters. The average molecular weight is 270 g/mol. The molecule has 0 amide bonds. The van der Waals surface area contributed by atoms with Gasteiger partial charge in [-0.15, -0.1) is 11.3 Å². The Morgan fingerprint density at radius 3 is 3.06 bits per heavy atom. The standard InChI is InChI=1S/C11H18N4O2S/c1-7-8(2)18-10(13-7)6-15-3-4-17-9(5-15)11(12)14-16/h9,16H,3-6H2,1-2H3,(H2,12,14). The Hall–Kier alpha value is -1.18. The van der Waals surface area contributed by atoms with E-state index in [-0.39, 0.29) is 11.9 Å². The highest BCUT2D eigenvalue weighted by molar-refractivity contribution is 7.11. The van der Waals surface area contributed by atoms with Crippen molar-refractivity contribution in [3.05, 3.63) is 15.6 Å². The molecule has 100 valence electrons. The average Bonchev–Trinajstić information content (AvgIpc) is 2.67. The van der Waals surface area contributed by atoms with Gasteiger partial charge in [0.1, 0.15) is 11.1 Å². The molecule has 0 bridgehead atoms. The monoisotopic (exact) mass is 270 g/mol. The van der Waals surface area contributed by atoms with E-state index in [0.29, 0.717) is 13.2 Å². The van der Waals surface area contributed by atoms with Crippen LogP contribution >= 0.6 is 11.3 Å². The molecule has 1 aromatic rings.